The van der Waals surface area contributed by atoms with E-state index in [0.29, 0.717) is 0 Å². The third kappa shape index (κ3) is 2.08. The molecule has 0 aliphatic carbocycles. The van der Waals surface area contributed by atoms with Gasteiger partial charge in [-0.3, -0.25) is 4.98 Å². The molecule has 1 aromatic heterocycles. The highest BCUT2D eigenvalue weighted by Crippen LogP contribution is 2.07. The summed E-state index contributed by atoms with van der Waals surface area (Å²) in [5.74, 6) is 0.749. The van der Waals surface area contributed by atoms with Crippen LogP contribution in [0.1, 0.15) is 5.56 Å². The molecule has 2 nitrogen and oxygen atoms in total. The lowest BCUT2D eigenvalue weighted by atomic mass is 10.3. The third-order valence-corrected chi connectivity index (χ3v) is 1.66. The van der Waals surface area contributed by atoms with Crippen molar-refractivity contribution in [2.45, 2.75) is 5.75 Å². The van der Waals surface area contributed by atoms with Gasteiger partial charge in [-0.1, -0.05) is 0 Å². The van der Waals surface area contributed by atoms with Crippen molar-refractivity contribution in [2.24, 2.45) is 0 Å². The number of aromatic nitrogens is 1. The SMILES string of the molecule is N#CSCc1ccncc1. The molecule has 0 aromatic carbocycles. The van der Waals surface area contributed by atoms with Crippen molar-refractivity contribution in [1.29, 1.82) is 5.26 Å². The number of hydrogen-bond donors (Lipinski definition) is 0. The molecule has 50 valence electrons. The summed E-state index contributed by atoms with van der Waals surface area (Å²) in [6.45, 7) is 0. The average molecular weight is 150 g/mol. The van der Waals surface area contributed by atoms with Crippen LogP contribution in [-0.4, -0.2) is 4.98 Å². The lowest BCUT2D eigenvalue weighted by Gasteiger charge is -1.91. The molecular weight excluding hydrogens is 144 g/mol. The van der Waals surface area contributed by atoms with Crippen LogP contribution in [0.3, 0.4) is 0 Å². The molecule has 0 spiro atoms. The minimum absolute atomic E-state index is 0.749. The quantitative estimate of drug-likeness (QED) is 0.603. The Kier molecular flexibility index (Phi) is 2.78. The molecule has 0 aliphatic heterocycles. The van der Waals surface area contributed by atoms with Crippen LogP contribution in [0.5, 0.6) is 0 Å². The average Bonchev–Trinajstić information content (AvgIpc) is 2.03. The molecule has 0 bridgehead atoms. The van der Waals surface area contributed by atoms with E-state index in [9.17, 15) is 0 Å². The van der Waals surface area contributed by atoms with Crippen LogP contribution in [0.15, 0.2) is 24.5 Å². The van der Waals surface area contributed by atoms with E-state index in [2.05, 4.69) is 4.98 Å². The van der Waals surface area contributed by atoms with Gasteiger partial charge in [-0.15, -0.1) is 0 Å². The van der Waals surface area contributed by atoms with E-state index < -0.39 is 0 Å². The minimum atomic E-state index is 0.749. The maximum Gasteiger partial charge on any atom is 0.133 e. The molecule has 0 radical (unpaired) electrons. The molecule has 0 N–H and O–H groups in total. The van der Waals surface area contributed by atoms with E-state index in [4.69, 9.17) is 5.26 Å². The summed E-state index contributed by atoms with van der Waals surface area (Å²) in [7, 11) is 0. The zero-order valence-corrected chi connectivity index (χ0v) is 6.14. The number of thioether (sulfide) groups is 1. The zero-order valence-electron chi connectivity index (χ0n) is 5.32. The van der Waals surface area contributed by atoms with Crippen LogP contribution in [0.25, 0.3) is 0 Å². The Balaban J connectivity index is 2.52. The van der Waals surface area contributed by atoms with E-state index in [-0.39, 0.29) is 0 Å². The Morgan fingerprint density at radius 3 is 2.80 bits per heavy atom. The zero-order chi connectivity index (χ0) is 7.23. The Hall–Kier alpha value is -1.01. The first-order chi connectivity index (χ1) is 4.93. The van der Waals surface area contributed by atoms with Gasteiger partial charge in [0.1, 0.15) is 5.40 Å². The van der Waals surface area contributed by atoms with Crippen LogP contribution < -0.4 is 0 Å². The molecule has 1 heterocycles. The Morgan fingerprint density at radius 1 is 1.50 bits per heavy atom. The van der Waals surface area contributed by atoms with Crippen molar-refractivity contribution in [1.82, 2.24) is 4.98 Å². The standard InChI is InChI=1S/C7H6N2S/c8-6-10-5-7-1-3-9-4-2-7/h1-4H,5H2. The number of thiocyanates is 1. The first kappa shape index (κ1) is 7.10. The minimum Gasteiger partial charge on any atom is -0.265 e. The second kappa shape index (κ2) is 3.91. The largest absolute Gasteiger partial charge is 0.265 e. The summed E-state index contributed by atoms with van der Waals surface area (Å²) in [5, 5.41) is 10.2. The fraction of sp³-hybridized carbons (Fsp3) is 0.143. The molecule has 0 atom stereocenters. The molecule has 0 amide bonds. The highest BCUT2D eigenvalue weighted by atomic mass is 32.2. The third-order valence-electron chi connectivity index (χ3n) is 1.05. The number of rotatable bonds is 2. The highest BCUT2D eigenvalue weighted by molar-refractivity contribution is 8.02. The van der Waals surface area contributed by atoms with Crippen LogP contribution in [0.4, 0.5) is 0 Å². The van der Waals surface area contributed by atoms with E-state index in [1.165, 1.54) is 11.8 Å². The summed E-state index contributed by atoms with van der Waals surface area (Å²) >= 11 is 1.24. The highest BCUT2D eigenvalue weighted by Gasteiger charge is 1.88. The first-order valence-corrected chi connectivity index (χ1v) is 3.82. The Bertz CT molecular complexity index is 227. The summed E-state index contributed by atoms with van der Waals surface area (Å²) in [6.07, 6.45) is 3.46. The lowest BCUT2D eigenvalue weighted by molar-refractivity contribution is 1.27. The van der Waals surface area contributed by atoms with Gasteiger partial charge in [0.2, 0.25) is 0 Å². The van der Waals surface area contributed by atoms with Gasteiger partial charge in [-0.25, -0.2) is 0 Å². The van der Waals surface area contributed by atoms with Crippen LogP contribution in [-0.2, 0) is 5.75 Å². The van der Waals surface area contributed by atoms with Crippen LogP contribution in [0, 0.1) is 10.7 Å². The number of nitrogens with zero attached hydrogens (tertiary/aromatic N) is 2. The molecule has 0 unspecified atom stereocenters. The predicted octanol–water partition coefficient (Wildman–Crippen LogP) is 1.80. The van der Waals surface area contributed by atoms with Crippen molar-refractivity contribution >= 4 is 11.8 Å². The summed E-state index contributed by atoms with van der Waals surface area (Å²) in [5.41, 5.74) is 1.14. The monoisotopic (exact) mass is 150 g/mol. The fourth-order valence-electron chi connectivity index (χ4n) is 0.595. The van der Waals surface area contributed by atoms with Crippen molar-refractivity contribution in [2.75, 3.05) is 0 Å². The van der Waals surface area contributed by atoms with Crippen LogP contribution in [0.2, 0.25) is 0 Å². The van der Waals surface area contributed by atoms with Gasteiger partial charge < -0.3 is 0 Å². The van der Waals surface area contributed by atoms with Crippen molar-refractivity contribution in [3.63, 3.8) is 0 Å². The second-order valence-electron chi connectivity index (χ2n) is 1.74. The molecule has 0 saturated carbocycles. The van der Waals surface area contributed by atoms with Crippen molar-refractivity contribution in [3.8, 4) is 5.40 Å². The van der Waals surface area contributed by atoms with Gasteiger partial charge in [0.15, 0.2) is 0 Å². The van der Waals surface area contributed by atoms with Gasteiger partial charge in [0.25, 0.3) is 0 Å². The fourth-order valence-corrected chi connectivity index (χ4v) is 1.02. The molecule has 0 saturated heterocycles. The maximum absolute atomic E-state index is 8.22. The lowest BCUT2D eigenvalue weighted by Crippen LogP contribution is -1.77. The van der Waals surface area contributed by atoms with E-state index in [0.717, 1.165) is 11.3 Å². The van der Waals surface area contributed by atoms with Gasteiger partial charge in [0.05, 0.1) is 0 Å². The summed E-state index contributed by atoms with van der Waals surface area (Å²) in [4.78, 5) is 3.86. The van der Waals surface area contributed by atoms with Crippen molar-refractivity contribution < 1.29 is 0 Å². The topological polar surface area (TPSA) is 36.7 Å². The van der Waals surface area contributed by atoms with Crippen LogP contribution >= 0.6 is 11.8 Å². The number of hydrogen-bond acceptors (Lipinski definition) is 3. The molecule has 10 heavy (non-hydrogen) atoms. The molecule has 1 rings (SSSR count). The van der Waals surface area contributed by atoms with E-state index >= 15 is 0 Å². The number of nitriles is 1. The van der Waals surface area contributed by atoms with Crippen molar-refractivity contribution in [3.05, 3.63) is 30.1 Å². The molecule has 3 heteroatoms. The number of pyridine rings is 1. The van der Waals surface area contributed by atoms with Gasteiger partial charge in [-0.2, -0.15) is 5.26 Å². The normalized spacial score (nSPS) is 8.70. The van der Waals surface area contributed by atoms with Gasteiger partial charge in [0, 0.05) is 18.1 Å². The Morgan fingerprint density at radius 2 is 2.20 bits per heavy atom. The molecule has 0 aliphatic rings. The summed E-state index contributed by atoms with van der Waals surface area (Å²) in [6, 6.07) is 3.81. The van der Waals surface area contributed by atoms with Gasteiger partial charge in [-0.05, 0) is 29.5 Å². The molecular formula is C7H6N2S. The van der Waals surface area contributed by atoms with Gasteiger partial charge >= 0.3 is 0 Å². The summed E-state index contributed by atoms with van der Waals surface area (Å²) < 4.78 is 0. The maximum atomic E-state index is 8.22. The first-order valence-electron chi connectivity index (χ1n) is 2.83. The Labute approximate surface area is 63.9 Å². The molecule has 0 fully saturated rings. The predicted molar refractivity (Wildman–Crippen MR) is 41.1 cm³/mol. The van der Waals surface area contributed by atoms with E-state index in [1.807, 2.05) is 17.5 Å². The van der Waals surface area contributed by atoms with E-state index in [1.54, 1.807) is 12.4 Å². The second-order valence-corrected chi connectivity index (χ2v) is 2.50. The smallest absolute Gasteiger partial charge is 0.133 e. The molecule has 1 aromatic rings.